The van der Waals surface area contributed by atoms with E-state index in [1.54, 1.807) is 0 Å². The summed E-state index contributed by atoms with van der Waals surface area (Å²) in [6, 6.07) is 2.74. The summed E-state index contributed by atoms with van der Waals surface area (Å²) in [5.74, 6) is 0. The van der Waals surface area contributed by atoms with E-state index in [0.717, 1.165) is 12.1 Å². The quantitative estimate of drug-likeness (QED) is 0.583. The van der Waals surface area contributed by atoms with Crippen molar-refractivity contribution in [2.75, 3.05) is 0 Å². The maximum atomic E-state index is 2.72. The van der Waals surface area contributed by atoms with Gasteiger partial charge in [0.25, 0.3) is 0 Å². The van der Waals surface area contributed by atoms with E-state index in [4.69, 9.17) is 0 Å². The summed E-state index contributed by atoms with van der Waals surface area (Å²) in [5.41, 5.74) is 3.00. The van der Waals surface area contributed by atoms with Gasteiger partial charge in [0.05, 0.1) is 0 Å². The molecule has 0 aromatic rings. The van der Waals surface area contributed by atoms with Gasteiger partial charge in [-0.3, -0.25) is 0 Å². The number of rotatable bonds is 0. The average Bonchev–Trinajstić information content (AvgIpc) is 2.29. The van der Waals surface area contributed by atoms with Gasteiger partial charge in [-0.05, 0) is 12.8 Å². The molecule has 2 rings (SSSR count). The second kappa shape index (κ2) is 5.14. The molecule has 0 aromatic carbocycles. The van der Waals surface area contributed by atoms with Gasteiger partial charge in [-0.25, -0.2) is 9.15 Å². The summed E-state index contributed by atoms with van der Waals surface area (Å²) in [4.78, 5) is 0. The fourth-order valence-electron chi connectivity index (χ4n) is 4.29. The van der Waals surface area contributed by atoms with Crippen LogP contribution in [0.3, 0.4) is 0 Å². The number of fused-ring (bicyclic) bond motifs is 1. The molecule has 0 amide bonds. The van der Waals surface area contributed by atoms with Gasteiger partial charge in [-0.1, -0.05) is 0 Å². The predicted octanol–water partition coefficient (Wildman–Crippen LogP) is 3.07. The van der Waals surface area contributed by atoms with E-state index < -0.39 is 0 Å². The van der Waals surface area contributed by atoms with Crippen LogP contribution in [0.1, 0.15) is 67.2 Å². The van der Waals surface area contributed by atoms with Crippen molar-refractivity contribution in [3.8, 4) is 0 Å². The van der Waals surface area contributed by atoms with Crippen LogP contribution >= 0.6 is 0 Å². The van der Waals surface area contributed by atoms with Crippen LogP contribution in [0, 0.1) is 0 Å². The minimum Gasteiger partial charge on any atom is -0.219 e. The topological polar surface area (TPSA) is 6.02 Å². The summed E-state index contributed by atoms with van der Waals surface area (Å²) in [6.07, 6.45) is 5.55. The van der Waals surface area contributed by atoms with Crippen molar-refractivity contribution in [1.82, 2.24) is 0 Å². The Morgan fingerprint density at radius 1 is 0.722 bits per heavy atom. The van der Waals surface area contributed by atoms with E-state index in [0.29, 0.717) is 12.1 Å². The van der Waals surface area contributed by atoms with Gasteiger partial charge in [-0.2, -0.15) is 0 Å². The monoisotopic (exact) mass is 250 g/mol. The summed E-state index contributed by atoms with van der Waals surface area (Å²) < 4.78 is 5.43. The van der Waals surface area contributed by atoms with Gasteiger partial charge >= 0.3 is 0 Å². The smallest absolute Gasteiger partial charge is 0.213 e. The van der Waals surface area contributed by atoms with Crippen LogP contribution in [0.4, 0.5) is 0 Å². The molecule has 2 heteroatoms. The van der Waals surface area contributed by atoms with Crippen molar-refractivity contribution < 1.29 is 9.15 Å². The zero-order valence-corrected chi connectivity index (χ0v) is 13.0. The molecule has 4 atom stereocenters. The lowest BCUT2D eigenvalue weighted by Gasteiger charge is -2.38. The molecule has 0 aromatic heterocycles. The molecule has 0 bridgehead atoms. The molecule has 2 nitrogen and oxygen atoms in total. The van der Waals surface area contributed by atoms with Crippen LogP contribution in [0.5, 0.6) is 0 Å². The fraction of sp³-hybridized carbons (Fsp3) is 0.875. The van der Waals surface area contributed by atoms with Crippen LogP contribution in [-0.2, 0) is 0 Å². The summed E-state index contributed by atoms with van der Waals surface area (Å²) in [7, 11) is 0. The van der Waals surface area contributed by atoms with Gasteiger partial charge in [0, 0.05) is 54.4 Å². The van der Waals surface area contributed by atoms with Crippen molar-refractivity contribution in [2.24, 2.45) is 0 Å². The highest BCUT2D eigenvalue weighted by Crippen LogP contribution is 2.31. The maximum absolute atomic E-state index is 2.72. The van der Waals surface area contributed by atoms with Crippen LogP contribution in [0.15, 0.2) is 0 Å². The van der Waals surface area contributed by atoms with E-state index in [1.165, 1.54) is 37.1 Å². The Morgan fingerprint density at radius 2 is 1.06 bits per heavy atom. The maximum Gasteiger partial charge on any atom is 0.213 e. The first-order valence-electron chi connectivity index (χ1n) is 7.62. The van der Waals surface area contributed by atoms with Crippen molar-refractivity contribution in [1.29, 1.82) is 0 Å². The van der Waals surface area contributed by atoms with Crippen molar-refractivity contribution in [3.05, 3.63) is 0 Å². The van der Waals surface area contributed by atoms with Crippen LogP contribution in [0.2, 0.25) is 0 Å². The lowest BCUT2D eigenvalue weighted by molar-refractivity contribution is -0.761. The van der Waals surface area contributed by atoms with Crippen LogP contribution in [0.25, 0.3) is 0 Å². The third-order valence-corrected chi connectivity index (χ3v) is 5.02. The Balaban J connectivity index is 2.49. The predicted molar refractivity (Wildman–Crippen MR) is 78.2 cm³/mol. The van der Waals surface area contributed by atoms with Gasteiger partial charge in [0.2, 0.25) is 24.2 Å². The van der Waals surface area contributed by atoms with Gasteiger partial charge in [0.15, 0.2) is 0 Å². The third-order valence-electron chi connectivity index (χ3n) is 5.02. The highest BCUT2D eigenvalue weighted by molar-refractivity contribution is 5.75. The second-order valence-corrected chi connectivity index (χ2v) is 6.61. The van der Waals surface area contributed by atoms with E-state index in [1.807, 2.05) is 0 Å². The summed E-state index contributed by atoms with van der Waals surface area (Å²) >= 11 is 0. The first-order chi connectivity index (χ1) is 8.45. The molecule has 2 aliphatic rings. The van der Waals surface area contributed by atoms with Gasteiger partial charge in [-0.15, -0.1) is 0 Å². The fourth-order valence-corrected chi connectivity index (χ4v) is 4.29. The van der Waals surface area contributed by atoms with E-state index in [-0.39, 0.29) is 0 Å². The largest absolute Gasteiger partial charge is 0.219 e. The first kappa shape index (κ1) is 13.8. The molecule has 2 unspecified atom stereocenters. The van der Waals surface area contributed by atoms with Gasteiger partial charge in [0.1, 0.15) is 11.4 Å². The van der Waals surface area contributed by atoms with Gasteiger partial charge < -0.3 is 0 Å². The minimum atomic E-state index is 0.629. The van der Waals surface area contributed by atoms with Crippen LogP contribution in [-0.4, -0.2) is 44.7 Å². The zero-order valence-electron chi connectivity index (χ0n) is 13.0. The standard InChI is InChI=1S/C16H30N2/c1-11(2)17-13(5)14(6)18(12(3)4)16-10-8-7-9-15(16)17/h13-16H,7-10H2,1-6H3/q+2/t13?,14?,15-,16-/m1/s1. The SMILES string of the molecule is CC(C)=[N+]1C(C)C(C)[N+](=C(C)C)[C@@H]2CCCC[C@H]21. The van der Waals surface area contributed by atoms with Crippen molar-refractivity contribution in [2.45, 2.75) is 91.4 Å². The number of nitrogens with zero attached hydrogens (tertiary/aromatic N) is 2. The highest BCUT2D eigenvalue weighted by atomic mass is 15.3. The molecule has 0 radical (unpaired) electrons. The molecule has 102 valence electrons. The number of hydrogen-bond acceptors (Lipinski definition) is 0. The summed E-state index contributed by atoms with van der Waals surface area (Å²) in [6.45, 7) is 13.9. The molecule has 18 heavy (non-hydrogen) atoms. The Bertz CT molecular complexity index is 346. The molecule has 1 aliphatic heterocycles. The van der Waals surface area contributed by atoms with Crippen molar-refractivity contribution in [3.63, 3.8) is 0 Å². The van der Waals surface area contributed by atoms with Crippen molar-refractivity contribution >= 4 is 11.4 Å². The molecular weight excluding hydrogens is 220 g/mol. The molecule has 1 heterocycles. The highest BCUT2D eigenvalue weighted by Gasteiger charge is 2.52. The third kappa shape index (κ3) is 2.15. The Kier molecular flexibility index (Phi) is 3.93. The molecule has 1 saturated heterocycles. The molecule has 0 spiro atoms. The lowest BCUT2D eigenvalue weighted by Crippen LogP contribution is -2.62. The lowest BCUT2D eigenvalue weighted by atomic mass is 9.84. The Hall–Kier alpha value is -0.660. The molecule has 1 saturated carbocycles. The average molecular weight is 250 g/mol. The molecule has 0 N–H and O–H groups in total. The minimum absolute atomic E-state index is 0.629. The van der Waals surface area contributed by atoms with E-state index in [9.17, 15) is 0 Å². The first-order valence-corrected chi connectivity index (χ1v) is 7.62. The molecule has 2 fully saturated rings. The molecular formula is C16H30N2+2. The number of hydrogen-bond donors (Lipinski definition) is 0. The Labute approximate surface area is 112 Å². The Morgan fingerprint density at radius 3 is 1.33 bits per heavy atom. The second-order valence-electron chi connectivity index (χ2n) is 6.61. The zero-order chi connectivity index (χ0) is 13.4. The normalized spacial score (nSPS) is 36.3. The molecule has 1 aliphatic carbocycles. The number of piperazine rings is 1. The van der Waals surface area contributed by atoms with E-state index >= 15 is 0 Å². The van der Waals surface area contributed by atoms with Crippen LogP contribution < -0.4 is 0 Å². The summed E-state index contributed by atoms with van der Waals surface area (Å²) in [5, 5.41) is 0. The van der Waals surface area contributed by atoms with E-state index in [2.05, 4.69) is 50.7 Å².